The minimum atomic E-state index is -0.777. The van der Waals surface area contributed by atoms with Crippen molar-refractivity contribution in [1.29, 1.82) is 0 Å². The zero-order chi connectivity index (χ0) is 15.9. The molecule has 2 aromatic carbocycles. The third kappa shape index (κ3) is 2.58. The Kier molecular flexibility index (Phi) is 3.51. The van der Waals surface area contributed by atoms with Gasteiger partial charge in [0, 0.05) is 12.6 Å². The van der Waals surface area contributed by atoms with Crippen LogP contribution in [0.15, 0.2) is 42.5 Å². The first kappa shape index (κ1) is 14.5. The standard InChI is InChI=1S/C19H21NO3/c1-13(15-6-7-17-18(10-15)23-12-22-17)20-11-19(21)9-8-14-4-2-3-5-16(14)19/h2-7,10,13,20-21H,8-9,11-12H2,1H3. The summed E-state index contributed by atoms with van der Waals surface area (Å²) in [5, 5.41) is 14.5. The summed E-state index contributed by atoms with van der Waals surface area (Å²) < 4.78 is 10.8. The lowest BCUT2D eigenvalue weighted by Gasteiger charge is -2.27. The van der Waals surface area contributed by atoms with Gasteiger partial charge >= 0.3 is 0 Å². The number of aliphatic hydroxyl groups is 1. The van der Waals surface area contributed by atoms with Crippen molar-refractivity contribution < 1.29 is 14.6 Å². The van der Waals surface area contributed by atoms with Crippen LogP contribution in [0.1, 0.15) is 36.1 Å². The first-order chi connectivity index (χ1) is 11.2. The van der Waals surface area contributed by atoms with Crippen molar-refractivity contribution in [3.63, 3.8) is 0 Å². The molecule has 2 atom stereocenters. The van der Waals surface area contributed by atoms with Gasteiger partial charge in [0.15, 0.2) is 11.5 Å². The fraction of sp³-hybridized carbons (Fsp3) is 0.368. The van der Waals surface area contributed by atoms with E-state index in [-0.39, 0.29) is 12.8 Å². The number of aryl methyl sites for hydroxylation is 1. The lowest BCUT2D eigenvalue weighted by atomic mass is 9.95. The second-order valence-electron chi connectivity index (χ2n) is 6.40. The van der Waals surface area contributed by atoms with Crippen LogP contribution in [0.25, 0.3) is 0 Å². The summed E-state index contributed by atoms with van der Waals surface area (Å²) in [4.78, 5) is 0. The van der Waals surface area contributed by atoms with Crippen molar-refractivity contribution in [2.75, 3.05) is 13.3 Å². The van der Waals surface area contributed by atoms with E-state index in [0.717, 1.165) is 35.5 Å². The number of hydrogen-bond donors (Lipinski definition) is 2. The number of nitrogens with one attached hydrogen (secondary N) is 1. The Labute approximate surface area is 136 Å². The van der Waals surface area contributed by atoms with Crippen LogP contribution in [0.4, 0.5) is 0 Å². The topological polar surface area (TPSA) is 50.7 Å². The molecule has 0 bridgehead atoms. The predicted octanol–water partition coefficient (Wildman–Crippen LogP) is 2.90. The van der Waals surface area contributed by atoms with Crippen molar-refractivity contribution in [2.45, 2.75) is 31.4 Å². The summed E-state index contributed by atoms with van der Waals surface area (Å²) in [6, 6.07) is 14.3. The van der Waals surface area contributed by atoms with E-state index in [0.29, 0.717) is 6.54 Å². The van der Waals surface area contributed by atoms with E-state index in [9.17, 15) is 5.11 Å². The minimum Gasteiger partial charge on any atom is -0.454 e. The van der Waals surface area contributed by atoms with Gasteiger partial charge in [-0.25, -0.2) is 0 Å². The number of hydrogen-bond acceptors (Lipinski definition) is 4. The van der Waals surface area contributed by atoms with Crippen LogP contribution in [-0.4, -0.2) is 18.4 Å². The summed E-state index contributed by atoms with van der Waals surface area (Å²) in [5.74, 6) is 1.59. The van der Waals surface area contributed by atoms with Crippen LogP contribution in [0.5, 0.6) is 11.5 Å². The fourth-order valence-electron chi connectivity index (χ4n) is 3.47. The lowest BCUT2D eigenvalue weighted by molar-refractivity contribution is 0.0363. The van der Waals surface area contributed by atoms with Gasteiger partial charge in [-0.1, -0.05) is 30.3 Å². The average Bonchev–Trinajstić information content (AvgIpc) is 3.18. The minimum absolute atomic E-state index is 0.126. The monoisotopic (exact) mass is 311 g/mol. The summed E-state index contributed by atoms with van der Waals surface area (Å²) in [6.07, 6.45) is 1.71. The molecule has 0 saturated carbocycles. The number of benzene rings is 2. The highest BCUT2D eigenvalue weighted by molar-refractivity contribution is 5.45. The van der Waals surface area contributed by atoms with Crippen molar-refractivity contribution in [1.82, 2.24) is 5.32 Å². The summed E-state index contributed by atoms with van der Waals surface area (Å²) in [7, 11) is 0. The van der Waals surface area contributed by atoms with Crippen LogP contribution in [0.2, 0.25) is 0 Å². The van der Waals surface area contributed by atoms with E-state index in [4.69, 9.17) is 9.47 Å². The van der Waals surface area contributed by atoms with E-state index < -0.39 is 5.60 Å². The molecule has 0 amide bonds. The molecule has 2 N–H and O–H groups in total. The zero-order valence-corrected chi connectivity index (χ0v) is 13.2. The first-order valence-electron chi connectivity index (χ1n) is 8.09. The largest absolute Gasteiger partial charge is 0.454 e. The van der Waals surface area contributed by atoms with Crippen LogP contribution >= 0.6 is 0 Å². The molecule has 2 aliphatic rings. The van der Waals surface area contributed by atoms with Gasteiger partial charge in [0.05, 0.1) is 0 Å². The molecule has 4 heteroatoms. The smallest absolute Gasteiger partial charge is 0.231 e. The fourth-order valence-corrected chi connectivity index (χ4v) is 3.47. The van der Waals surface area contributed by atoms with Gasteiger partial charge in [0.1, 0.15) is 5.60 Å². The highest BCUT2D eigenvalue weighted by Gasteiger charge is 2.36. The third-order valence-corrected chi connectivity index (χ3v) is 4.92. The van der Waals surface area contributed by atoms with Gasteiger partial charge in [0.25, 0.3) is 0 Å². The number of ether oxygens (including phenoxy) is 2. The normalized spacial score (nSPS) is 22.9. The summed E-state index contributed by atoms with van der Waals surface area (Å²) in [6.45, 7) is 2.93. The van der Waals surface area contributed by atoms with Gasteiger partial charge in [0.2, 0.25) is 6.79 Å². The molecule has 1 aliphatic heterocycles. The van der Waals surface area contributed by atoms with E-state index in [1.54, 1.807) is 0 Å². The average molecular weight is 311 g/mol. The molecule has 120 valence electrons. The maximum absolute atomic E-state index is 11.0. The molecule has 4 rings (SSSR count). The van der Waals surface area contributed by atoms with Crippen molar-refractivity contribution in [3.05, 3.63) is 59.2 Å². The molecule has 1 heterocycles. The van der Waals surface area contributed by atoms with Gasteiger partial charge in [-0.15, -0.1) is 0 Å². The molecule has 4 nitrogen and oxygen atoms in total. The van der Waals surface area contributed by atoms with E-state index in [2.05, 4.69) is 18.3 Å². The molecule has 0 fully saturated rings. The third-order valence-electron chi connectivity index (χ3n) is 4.92. The molecule has 0 radical (unpaired) electrons. The SMILES string of the molecule is CC(NCC1(O)CCc2ccccc21)c1ccc2c(c1)OCO2. The Morgan fingerprint density at radius 2 is 2.00 bits per heavy atom. The number of rotatable bonds is 4. The predicted molar refractivity (Wildman–Crippen MR) is 87.6 cm³/mol. The van der Waals surface area contributed by atoms with Gasteiger partial charge in [-0.3, -0.25) is 0 Å². The highest BCUT2D eigenvalue weighted by Crippen LogP contribution is 2.37. The summed E-state index contributed by atoms with van der Waals surface area (Å²) in [5.41, 5.74) is 2.67. The Balaban J connectivity index is 1.47. The van der Waals surface area contributed by atoms with E-state index in [1.165, 1.54) is 5.56 Å². The molecule has 2 unspecified atom stereocenters. The Hall–Kier alpha value is -2.04. The van der Waals surface area contributed by atoms with Crippen LogP contribution in [0.3, 0.4) is 0 Å². The Morgan fingerprint density at radius 1 is 1.17 bits per heavy atom. The number of fused-ring (bicyclic) bond motifs is 2. The molecule has 0 saturated heterocycles. The van der Waals surface area contributed by atoms with Crippen LogP contribution in [0, 0.1) is 0 Å². The molecule has 23 heavy (non-hydrogen) atoms. The van der Waals surface area contributed by atoms with Crippen molar-refractivity contribution in [3.8, 4) is 11.5 Å². The maximum atomic E-state index is 11.0. The quantitative estimate of drug-likeness (QED) is 0.911. The zero-order valence-electron chi connectivity index (χ0n) is 13.2. The molecule has 0 aromatic heterocycles. The van der Waals surface area contributed by atoms with Crippen molar-refractivity contribution in [2.24, 2.45) is 0 Å². The van der Waals surface area contributed by atoms with Crippen molar-refractivity contribution >= 4 is 0 Å². The van der Waals surface area contributed by atoms with Gasteiger partial charge < -0.3 is 19.9 Å². The molecular weight excluding hydrogens is 290 g/mol. The van der Waals surface area contributed by atoms with Crippen LogP contribution in [-0.2, 0) is 12.0 Å². The Bertz CT molecular complexity index is 730. The first-order valence-corrected chi connectivity index (χ1v) is 8.09. The molecular formula is C19H21NO3. The summed E-state index contributed by atoms with van der Waals surface area (Å²) >= 11 is 0. The molecule has 2 aromatic rings. The van der Waals surface area contributed by atoms with Crippen LogP contribution < -0.4 is 14.8 Å². The maximum Gasteiger partial charge on any atom is 0.231 e. The molecule has 1 aliphatic carbocycles. The second kappa shape index (κ2) is 5.55. The van der Waals surface area contributed by atoms with E-state index >= 15 is 0 Å². The van der Waals surface area contributed by atoms with Gasteiger partial charge in [-0.2, -0.15) is 0 Å². The van der Waals surface area contributed by atoms with Gasteiger partial charge in [-0.05, 0) is 48.6 Å². The van der Waals surface area contributed by atoms with E-state index in [1.807, 2.05) is 36.4 Å². The molecule has 0 spiro atoms. The highest BCUT2D eigenvalue weighted by atomic mass is 16.7. The second-order valence-corrected chi connectivity index (χ2v) is 6.40. The lowest BCUT2D eigenvalue weighted by Crippen LogP contribution is -2.37. The Morgan fingerprint density at radius 3 is 2.91 bits per heavy atom.